The predicted octanol–water partition coefficient (Wildman–Crippen LogP) is 2.37. The van der Waals surface area contributed by atoms with Gasteiger partial charge in [0.1, 0.15) is 17.5 Å². The molecule has 6 nitrogen and oxygen atoms in total. The number of nitrogens with two attached hydrogens (primary N) is 1. The molecule has 0 spiro atoms. The average molecular weight is 316 g/mol. The van der Waals surface area contributed by atoms with E-state index in [1.807, 2.05) is 22.9 Å². The predicted molar refractivity (Wildman–Crippen MR) is 87.1 cm³/mol. The first-order chi connectivity index (χ1) is 11.3. The number of benzene rings is 1. The molecule has 6 heteroatoms. The lowest BCUT2D eigenvalue weighted by Crippen LogP contribution is -2.13. The van der Waals surface area contributed by atoms with Crippen molar-refractivity contribution in [3.8, 4) is 5.75 Å². The quantitative estimate of drug-likeness (QED) is 0.794. The molecule has 0 amide bonds. The van der Waals surface area contributed by atoms with Crippen LogP contribution in [0, 0.1) is 6.92 Å². The second-order valence-electron chi connectivity index (χ2n) is 5.87. The summed E-state index contributed by atoms with van der Waals surface area (Å²) in [5.41, 5.74) is 8.87. The van der Waals surface area contributed by atoms with Crippen LogP contribution in [-0.2, 0) is 17.8 Å². The summed E-state index contributed by atoms with van der Waals surface area (Å²) in [6, 6.07) is 8.09. The van der Waals surface area contributed by atoms with Crippen molar-refractivity contribution in [1.29, 1.82) is 0 Å². The highest BCUT2D eigenvalue weighted by Crippen LogP contribution is 2.30. The van der Waals surface area contributed by atoms with E-state index in [4.69, 9.17) is 15.2 Å². The van der Waals surface area contributed by atoms with Crippen LogP contribution in [0.15, 0.2) is 24.3 Å². The molecule has 0 saturated carbocycles. The maximum absolute atomic E-state index is 5.79. The number of hydrogen-bond donors (Lipinski definition) is 1. The molecule has 124 valence electrons. The minimum absolute atomic E-state index is 0.0845. The van der Waals surface area contributed by atoms with Gasteiger partial charge in [-0.15, -0.1) is 5.10 Å². The fourth-order valence-electron chi connectivity index (χ4n) is 2.92. The summed E-state index contributed by atoms with van der Waals surface area (Å²) < 4.78 is 13.5. The van der Waals surface area contributed by atoms with E-state index >= 15 is 0 Å². The molecule has 0 aliphatic carbocycles. The van der Waals surface area contributed by atoms with Crippen molar-refractivity contribution in [1.82, 2.24) is 15.0 Å². The Morgan fingerprint density at radius 3 is 3.09 bits per heavy atom. The van der Waals surface area contributed by atoms with Crippen LogP contribution in [0.4, 0.5) is 0 Å². The Morgan fingerprint density at radius 2 is 2.35 bits per heavy atom. The van der Waals surface area contributed by atoms with Gasteiger partial charge in [0, 0.05) is 26.1 Å². The molecule has 2 N–H and O–H groups in total. The van der Waals surface area contributed by atoms with Crippen molar-refractivity contribution < 1.29 is 9.47 Å². The Balaban J connectivity index is 1.56. The minimum atomic E-state index is 0.0845. The van der Waals surface area contributed by atoms with Gasteiger partial charge in [-0.25, -0.2) is 4.68 Å². The van der Waals surface area contributed by atoms with Gasteiger partial charge in [-0.3, -0.25) is 0 Å². The Bertz CT molecular complexity index is 635. The van der Waals surface area contributed by atoms with Gasteiger partial charge in [0.15, 0.2) is 0 Å². The lowest BCUT2D eigenvalue weighted by atomic mass is 10.1. The Morgan fingerprint density at radius 1 is 1.43 bits per heavy atom. The van der Waals surface area contributed by atoms with E-state index in [9.17, 15) is 0 Å². The van der Waals surface area contributed by atoms with Gasteiger partial charge < -0.3 is 15.2 Å². The summed E-state index contributed by atoms with van der Waals surface area (Å²) in [5.74, 6) is 0.908. The van der Waals surface area contributed by atoms with Crippen LogP contribution in [0.2, 0.25) is 0 Å². The number of aromatic nitrogens is 3. The molecular weight excluding hydrogens is 292 g/mol. The topological polar surface area (TPSA) is 75.2 Å². The Labute approximate surface area is 136 Å². The molecule has 2 heterocycles. The van der Waals surface area contributed by atoms with Gasteiger partial charge in [0.25, 0.3) is 0 Å². The molecule has 3 rings (SSSR count). The van der Waals surface area contributed by atoms with Gasteiger partial charge in [-0.05, 0) is 37.5 Å². The van der Waals surface area contributed by atoms with Gasteiger partial charge in [0.2, 0.25) is 0 Å². The van der Waals surface area contributed by atoms with Crippen LogP contribution in [0.5, 0.6) is 5.75 Å². The summed E-state index contributed by atoms with van der Waals surface area (Å²) in [6.07, 6.45) is 3.04. The Hall–Kier alpha value is -1.92. The van der Waals surface area contributed by atoms with E-state index in [-0.39, 0.29) is 6.10 Å². The fraction of sp³-hybridized carbons (Fsp3) is 0.529. The highest BCUT2D eigenvalue weighted by Gasteiger charge is 2.25. The number of nitrogens with zero attached hydrogens (tertiary/aromatic N) is 3. The zero-order valence-corrected chi connectivity index (χ0v) is 13.6. The minimum Gasteiger partial charge on any atom is -0.494 e. The van der Waals surface area contributed by atoms with Crippen molar-refractivity contribution in [2.75, 3.05) is 13.2 Å². The summed E-state index contributed by atoms with van der Waals surface area (Å²) in [6.45, 7) is 4.66. The number of rotatable bonds is 7. The summed E-state index contributed by atoms with van der Waals surface area (Å²) in [5, 5.41) is 8.44. The fourth-order valence-corrected chi connectivity index (χ4v) is 2.92. The van der Waals surface area contributed by atoms with Crippen LogP contribution >= 0.6 is 0 Å². The monoisotopic (exact) mass is 316 g/mol. The number of aryl methyl sites for hydroxylation is 2. The molecule has 1 aliphatic heterocycles. The van der Waals surface area contributed by atoms with Crippen molar-refractivity contribution in [2.24, 2.45) is 5.73 Å². The zero-order chi connectivity index (χ0) is 16.1. The summed E-state index contributed by atoms with van der Waals surface area (Å²) in [7, 11) is 0. The van der Waals surface area contributed by atoms with Crippen LogP contribution in [0.3, 0.4) is 0 Å². The smallest absolute Gasteiger partial charge is 0.119 e. The van der Waals surface area contributed by atoms with Crippen molar-refractivity contribution in [2.45, 2.75) is 45.4 Å². The van der Waals surface area contributed by atoms with Crippen LogP contribution in [0.1, 0.15) is 42.3 Å². The van der Waals surface area contributed by atoms with Gasteiger partial charge in [-0.1, -0.05) is 17.3 Å². The second-order valence-corrected chi connectivity index (χ2v) is 5.87. The van der Waals surface area contributed by atoms with E-state index in [0.29, 0.717) is 13.2 Å². The van der Waals surface area contributed by atoms with E-state index in [1.165, 1.54) is 5.56 Å². The molecule has 0 radical (unpaired) electrons. The molecule has 23 heavy (non-hydrogen) atoms. The summed E-state index contributed by atoms with van der Waals surface area (Å²) in [4.78, 5) is 0. The third-order valence-corrected chi connectivity index (χ3v) is 4.05. The molecule has 1 saturated heterocycles. The average Bonchev–Trinajstić information content (AvgIpc) is 3.20. The maximum atomic E-state index is 5.79. The largest absolute Gasteiger partial charge is 0.494 e. The van der Waals surface area contributed by atoms with Crippen molar-refractivity contribution >= 4 is 0 Å². The van der Waals surface area contributed by atoms with Crippen LogP contribution < -0.4 is 10.5 Å². The molecule has 1 aliphatic rings. The van der Waals surface area contributed by atoms with E-state index < -0.39 is 0 Å². The Kier molecular flexibility index (Phi) is 5.25. The molecule has 1 fully saturated rings. The summed E-state index contributed by atoms with van der Waals surface area (Å²) >= 11 is 0. The molecule has 1 unspecified atom stereocenters. The van der Waals surface area contributed by atoms with Crippen molar-refractivity contribution in [3.05, 3.63) is 41.2 Å². The molecule has 1 aromatic heterocycles. The highest BCUT2D eigenvalue weighted by atomic mass is 16.5. The normalized spacial score (nSPS) is 17.6. The number of ether oxygens (including phenoxy) is 2. The molecule has 1 atom stereocenters. The molecule has 1 aromatic carbocycles. The lowest BCUT2D eigenvalue weighted by Gasteiger charge is -2.13. The van der Waals surface area contributed by atoms with E-state index in [1.54, 1.807) is 0 Å². The second kappa shape index (κ2) is 7.57. The van der Waals surface area contributed by atoms with Crippen molar-refractivity contribution in [3.63, 3.8) is 0 Å². The molecule has 0 bridgehead atoms. The highest BCUT2D eigenvalue weighted by molar-refractivity contribution is 5.27. The van der Waals surface area contributed by atoms with Gasteiger partial charge in [-0.2, -0.15) is 0 Å². The lowest BCUT2D eigenvalue weighted by molar-refractivity contribution is 0.103. The van der Waals surface area contributed by atoms with Gasteiger partial charge >= 0.3 is 0 Å². The van der Waals surface area contributed by atoms with Gasteiger partial charge in [0.05, 0.1) is 12.3 Å². The van der Waals surface area contributed by atoms with E-state index in [2.05, 4.69) is 23.3 Å². The number of hydrogen-bond acceptors (Lipinski definition) is 5. The first-order valence-electron chi connectivity index (χ1n) is 8.21. The van der Waals surface area contributed by atoms with Crippen LogP contribution in [0.25, 0.3) is 0 Å². The SMILES string of the molecule is Cc1cccc(OCCCn2nnc(CN)c2C2CCCO2)c1. The molecule has 2 aromatic rings. The van der Waals surface area contributed by atoms with Crippen LogP contribution in [-0.4, -0.2) is 28.2 Å². The first kappa shape index (κ1) is 16.0. The first-order valence-corrected chi connectivity index (χ1v) is 8.21. The van der Waals surface area contributed by atoms with E-state index in [0.717, 1.165) is 49.6 Å². The zero-order valence-electron chi connectivity index (χ0n) is 13.6. The third kappa shape index (κ3) is 3.89. The standard InChI is InChI=1S/C17H24N4O2/c1-13-5-2-6-14(11-13)22-10-4-8-21-17(15(12-18)19-20-21)16-7-3-9-23-16/h2,5-6,11,16H,3-4,7-10,12,18H2,1H3. The maximum Gasteiger partial charge on any atom is 0.119 e. The molecular formula is C17H24N4O2. The third-order valence-electron chi connectivity index (χ3n) is 4.05.